The lowest BCUT2D eigenvalue weighted by molar-refractivity contribution is -0.106. The Morgan fingerprint density at radius 1 is 1.07 bits per heavy atom. The molecule has 1 aliphatic rings. The molecule has 3 N–H and O–H groups in total. The summed E-state index contributed by atoms with van der Waals surface area (Å²) in [5.41, 5.74) is 0.256. The standard InChI is InChI=1S/C27H26F4N6O3S.H2S/c1-16-22(28)23(37-41(38,39)15-27(29,30)31)18-7-2-3-8-19(18)24(16)40-25-20(9-5-12-33-25)21-10-13-34-26(36-21)35-17-6-4-11-32-14-17;/h2-3,5,7-10,12-13,17,32,37H,4,6,11,14-15H2,1H3,(H,34,35,36);1H2/t17-;/m0./s1. The third kappa shape index (κ3) is 7.20. The van der Waals surface area contributed by atoms with Gasteiger partial charge in [0.25, 0.3) is 0 Å². The van der Waals surface area contributed by atoms with Gasteiger partial charge in [0.05, 0.1) is 16.9 Å². The van der Waals surface area contributed by atoms with Gasteiger partial charge in [-0.15, -0.1) is 0 Å². The van der Waals surface area contributed by atoms with E-state index in [4.69, 9.17) is 4.74 Å². The Bertz CT molecular complexity index is 1680. The van der Waals surface area contributed by atoms with Crippen molar-refractivity contribution in [1.29, 1.82) is 0 Å². The number of anilines is 2. The van der Waals surface area contributed by atoms with Gasteiger partial charge in [-0.2, -0.15) is 26.7 Å². The molecule has 0 saturated carbocycles. The molecule has 0 bridgehead atoms. The van der Waals surface area contributed by atoms with Gasteiger partial charge in [-0.05, 0) is 44.5 Å². The fourth-order valence-electron chi connectivity index (χ4n) is 4.64. The van der Waals surface area contributed by atoms with Crippen LogP contribution in [-0.2, 0) is 10.0 Å². The topological polar surface area (TPSA) is 118 Å². The van der Waals surface area contributed by atoms with Crippen molar-refractivity contribution >= 4 is 45.9 Å². The number of hydrogen-bond acceptors (Lipinski definition) is 8. The van der Waals surface area contributed by atoms with Gasteiger partial charge in [0, 0.05) is 41.3 Å². The van der Waals surface area contributed by atoms with Gasteiger partial charge in [-0.25, -0.2) is 27.8 Å². The number of nitrogens with zero attached hydrogens (tertiary/aromatic N) is 3. The molecule has 0 unspecified atom stereocenters. The summed E-state index contributed by atoms with van der Waals surface area (Å²) in [5.74, 6) is -2.69. The van der Waals surface area contributed by atoms with Crippen molar-refractivity contribution in [2.24, 2.45) is 0 Å². The van der Waals surface area contributed by atoms with E-state index in [9.17, 15) is 21.6 Å². The molecule has 9 nitrogen and oxygen atoms in total. The van der Waals surface area contributed by atoms with Crippen LogP contribution >= 0.6 is 13.5 Å². The second-order valence-corrected chi connectivity index (χ2v) is 11.3. The molecule has 0 amide bonds. The smallest absolute Gasteiger partial charge is 0.404 e. The Kier molecular flexibility index (Phi) is 9.43. The summed E-state index contributed by atoms with van der Waals surface area (Å²) in [4.78, 5) is 13.2. The number of hydrogen-bond donors (Lipinski definition) is 3. The number of sulfonamides is 1. The lowest BCUT2D eigenvalue weighted by Gasteiger charge is -2.23. The summed E-state index contributed by atoms with van der Waals surface area (Å²) in [6, 6.07) is 11.3. The van der Waals surface area contributed by atoms with Crippen molar-refractivity contribution in [3.05, 3.63) is 66.2 Å². The SMILES string of the molecule is Cc1c(F)c(NS(=O)(=O)CC(F)(F)F)c2ccccc2c1Oc1ncccc1-c1ccnc(N[C@H]2CCCNC2)n1.S. The van der Waals surface area contributed by atoms with Crippen molar-refractivity contribution in [2.45, 2.75) is 32.0 Å². The van der Waals surface area contributed by atoms with E-state index in [1.165, 1.54) is 25.3 Å². The van der Waals surface area contributed by atoms with E-state index in [2.05, 4.69) is 25.6 Å². The zero-order valence-electron chi connectivity index (χ0n) is 22.3. The minimum atomic E-state index is -5.00. The van der Waals surface area contributed by atoms with E-state index in [1.807, 2.05) is 0 Å². The number of alkyl halides is 3. The molecule has 2 aromatic heterocycles. The number of halogens is 4. The largest absolute Gasteiger partial charge is 0.437 e. The van der Waals surface area contributed by atoms with Gasteiger partial charge >= 0.3 is 6.18 Å². The Morgan fingerprint density at radius 3 is 2.55 bits per heavy atom. The van der Waals surface area contributed by atoms with E-state index in [0.29, 0.717) is 17.2 Å². The molecule has 2 aromatic carbocycles. The zero-order chi connectivity index (χ0) is 29.2. The highest BCUT2D eigenvalue weighted by Crippen LogP contribution is 2.42. The molecule has 3 heterocycles. The molecule has 1 fully saturated rings. The number of ether oxygens (including phenoxy) is 1. The highest BCUT2D eigenvalue weighted by atomic mass is 32.2. The van der Waals surface area contributed by atoms with Gasteiger partial charge in [0.15, 0.2) is 11.6 Å². The van der Waals surface area contributed by atoms with Crippen LogP contribution in [0.2, 0.25) is 0 Å². The minimum absolute atomic E-state index is 0. The average Bonchev–Trinajstić information content (AvgIpc) is 2.93. The van der Waals surface area contributed by atoms with Gasteiger partial charge in [-0.3, -0.25) is 4.72 Å². The first-order valence-corrected chi connectivity index (χ1v) is 14.4. The van der Waals surface area contributed by atoms with E-state index < -0.39 is 33.5 Å². The molecule has 4 aromatic rings. The van der Waals surface area contributed by atoms with Crippen LogP contribution in [0.15, 0.2) is 54.9 Å². The maximum Gasteiger partial charge on any atom is 0.404 e. The van der Waals surface area contributed by atoms with Crippen LogP contribution in [0.3, 0.4) is 0 Å². The number of benzene rings is 2. The Labute approximate surface area is 246 Å². The number of aromatic nitrogens is 3. The lowest BCUT2D eigenvalue weighted by atomic mass is 10.0. The van der Waals surface area contributed by atoms with Crippen LogP contribution in [0, 0.1) is 12.7 Å². The first-order chi connectivity index (χ1) is 19.5. The molecule has 42 heavy (non-hydrogen) atoms. The average molecular weight is 625 g/mol. The number of rotatable bonds is 8. The molecular formula is C27H28F4N6O3S2. The van der Waals surface area contributed by atoms with Crippen molar-refractivity contribution in [3.63, 3.8) is 0 Å². The summed E-state index contributed by atoms with van der Waals surface area (Å²) in [7, 11) is -4.94. The molecule has 1 aliphatic heterocycles. The fraction of sp³-hybridized carbons (Fsp3) is 0.296. The predicted octanol–water partition coefficient (Wildman–Crippen LogP) is 5.51. The molecular weight excluding hydrogens is 596 g/mol. The highest BCUT2D eigenvalue weighted by molar-refractivity contribution is 7.92. The van der Waals surface area contributed by atoms with Crippen LogP contribution in [0.5, 0.6) is 11.6 Å². The third-order valence-corrected chi connectivity index (χ3v) is 7.70. The molecule has 15 heteroatoms. The second-order valence-electron chi connectivity index (χ2n) is 9.58. The normalized spacial score (nSPS) is 15.6. The van der Waals surface area contributed by atoms with Crippen LogP contribution in [0.25, 0.3) is 22.0 Å². The summed E-state index contributed by atoms with van der Waals surface area (Å²) >= 11 is 0. The second kappa shape index (κ2) is 12.7. The summed E-state index contributed by atoms with van der Waals surface area (Å²) in [6.07, 6.45) is 0.0853. The van der Waals surface area contributed by atoms with Gasteiger partial charge < -0.3 is 15.4 Å². The first-order valence-electron chi connectivity index (χ1n) is 12.7. The Balaban J connectivity index is 0.00000405. The predicted molar refractivity (Wildman–Crippen MR) is 157 cm³/mol. The number of piperidine rings is 1. The Morgan fingerprint density at radius 2 is 1.83 bits per heavy atom. The molecule has 0 spiro atoms. The maximum atomic E-state index is 15.6. The van der Waals surface area contributed by atoms with Crippen LogP contribution in [-0.4, -0.2) is 54.4 Å². The lowest BCUT2D eigenvalue weighted by Crippen LogP contribution is -2.38. The van der Waals surface area contributed by atoms with E-state index in [-0.39, 0.29) is 47.5 Å². The fourth-order valence-corrected chi connectivity index (χ4v) is 5.66. The number of fused-ring (bicyclic) bond motifs is 1. The highest BCUT2D eigenvalue weighted by Gasteiger charge is 2.36. The molecule has 1 atom stereocenters. The van der Waals surface area contributed by atoms with E-state index in [1.54, 1.807) is 41.3 Å². The summed E-state index contributed by atoms with van der Waals surface area (Å²) < 4.78 is 86.4. The van der Waals surface area contributed by atoms with Crippen LogP contribution < -0.4 is 20.1 Å². The zero-order valence-corrected chi connectivity index (χ0v) is 24.1. The number of pyridine rings is 1. The van der Waals surface area contributed by atoms with E-state index >= 15 is 4.39 Å². The monoisotopic (exact) mass is 624 g/mol. The van der Waals surface area contributed by atoms with Crippen molar-refractivity contribution in [2.75, 3.05) is 28.9 Å². The molecule has 1 saturated heterocycles. The summed E-state index contributed by atoms with van der Waals surface area (Å²) in [5, 5.41) is 6.92. The molecule has 0 aliphatic carbocycles. The maximum absolute atomic E-state index is 15.6. The van der Waals surface area contributed by atoms with Gasteiger partial charge in [0.1, 0.15) is 5.75 Å². The van der Waals surface area contributed by atoms with Crippen LogP contribution in [0.1, 0.15) is 18.4 Å². The van der Waals surface area contributed by atoms with Crippen LogP contribution in [0.4, 0.5) is 29.2 Å². The number of nitrogens with one attached hydrogen (secondary N) is 3. The molecule has 224 valence electrons. The first kappa shape index (κ1) is 31.3. The van der Waals surface area contributed by atoms with Crippen molar-refractivity contribution < 1.29 is 30.7 Å². The van der Waals surface area contributed by atoms with Crippen molar-refractivity contribution in [1.82, 2.24) is 20.3 Å². The summed E-state index contributed by atoms with van der Waals surface area (Å²) in [6.45, 7) is 3.09. The Hall–Kier alpha value is -3.69. The third-order valence-electron chi connectivity index (χ3n) is 6.47. The van der Waals surface area contributed by atoms with Gasteiger partial charge in [-0.1, -0.05) is 24.3 Å². The molecule has 0 radical (unpaired) electrons. The minimum Gasteiger partial charge on any atom is -0.437 e. The van der Waals surface area contributed by atoms with Gasteiger partial charge in [0.2, 0.25) is 21.9 Å². The van der Waals surface area contributed by atoms with Crippen molar-refractivity contribution in [3.8, 4) is 22.9 Å². The molecule has 5 rings (SSSR count). The quantitative estimate of drug-likeness (QED) is 0.220. The van der Waals surface area contributed by atoms with E-state index in [0.717, 1.165) is 25.9 Å².